The summed E-state index contributed by atoms with van der Waals surface area (Å²) in [6.45, 7) is 9.88. The van der Waals surface area contributed by atoms with Crippen molar-refractivity contribution in [3.8, 4) is 11.1 Å². The fourth-order valence-corrected chi connectivity index (χ4v) is 3.75. The molecule has 0 aliphatic carbocycles. The summed E-state index contributed by atoms with van der Waals surface area (Å²) >= 11 is 0. The van der Waals surface area contributed by atoms with E-state index in [0.29, 0.717) is 5.56 Å². The standard InChI is InChI=1S/C26H30O8/c1-7-31-23(27)19-16(6)18(17-14-12-11-13-15(17)5)20(24(28)32-8-2)22(26(30)34-10-4)21(19)25(29)33-9-3/h11-14H,7-10H2,1-6H3. The number of esters is 4. The van der Waals surface area contributed by atoms with E-state index in [4.69, 9.17) is 18.9 Å². The second kappa shape index (κ2) is 12.0. The Morgan fingerprint density at radius 3 is 1.41 bits per heavy atom. The molecule has 0 atom stereocenters. The first-order chi connectivity index (χ1) is 16.2. The zero-order valence-corrected chi connectivity index (χ0v) is 20.4. The molecular weight excluding hydrogens is 440 g/mol. The molecule has 2 rings (SSSR count). The van der Waals surface area contributed by atoms with Crippen molar-refractivity contribution in [2.75, 3.05) is 26.4 Å². The number of carbonyl (C=O) groups is 4. The molecule has 0 saturated carbocycles. The van der Waals surface area contributed by atoms with Gasteiger partial charge in [-0.2, -0.15) is 0 Å². The quantitative estimate of drug-likeness (QED) is 0.384. The molecule has 8 heteroatoms. The van der Waals surface area contributed by atoms with Crippen LogP contribution in [0.25, 0.3) is 11.1 Å². The Labute approximate surface area is 199 Å². The number of rotatable bonds is 9. The first-order valence-corrected chi connectivity index (χ1v) is 11.2. The topological polar surface area (TPSA) is 105 Å². The zero-order valence-electron chi connectivity index (χ0n) is 20.4. The molecule has 0 aliphatic rings. The zero-order chi connectivity index (χ0) is 25.4. The molecule has 0 amide bonds. The minimum absolute atomic E-state index is 0.0172. The summed E-state index contributed by atoms with van der Waals surface area (Å²) in [5, 5.41) is 0. The monoisotopic (exact) mass is 470 g/mol. The van der Waals surface area contributed by atoms with Crippen molar-refractivity contribution in [2.45, 2.75) is 41.5 Å². The van der Waals surface area contributed by atoms with Crippen LogP contribution in [-0.2, 0) is 18.9 Å². The highest BCUT2D eigenvalue weighted by molar-refractivity contribution is 6.19. The van der Waals surface area contributed by atoms with Crippen molar-refractivity contribution in [2.24, 2.45) is 0 Å². The molecule has 0 spiro atoms. The predicted molar refractivity (Wildman–Crippen MR) is 125 cm³/mol. The SMILES string of the molecule is CCOC(=O)c1c(C)c(-c2ccccc2C)c(C(=O)OCC)c(C(=O)OCC)c1C(=O)OCC. The molecule has 0 aliphatic heterocycles. The van der Waals surface area contributed by atoms with Crippen LogP contribution in [0.1, 0.15) is 80.3 Å². The van der Waals surface area contributed by atoms with Crippen LogP contribution >= 0.6 is 0 Å². The summed E-state index contributed by atoms with van der Waals surface area (Å²) < 4.78 is 20.9. The average Bonchev–Trinajstić information content (AvgIpc) is 2.79. The van der Waals surface area contributed by atoms with E-state index in [-0.39, 0.29) is 59.8 Å². The first kappa shape index (κ1) is 26.6. The molecule has 8 nitrogen and oxygen atoms in total. The smallest absolute Gasteiger partial charge is 0.339 e. The number of aryl methyl sites for hydroxylation is 1. The second-order valence-corrected chi connectivity index (χ2v) is 7.20. The van der Waals surface area contributed by atoms with Gasteiger partial charge in [0.2, 0.25) is 0 Å². The number of hydrogen-bond acceptors (Lipinski definition) is 8. The van der Waals surface area contributed by atoms with Gasteiger partial charge in [-0.15, -0.1) is 0 Å². The number of hydrogen-bond donors (Lipinski definition) is 0. The molecular formula is C26H30O8. The number of carbonyl (C=O) groups excluding carboxylic acids is 4. The Morgan fingerprint density at radius 1 is 0.588 bits per heavy atom. The molecule has 2 aromatic rings. The normalized spacial score (nSPS) is 10.4. The van der Waals surface area contributed by atoms with Gasteiger partial charge in [0.05, 0.1) is 48.7 Å². The molecule has 0 fully saturated rings. The van der Waals surface area contributed by atoms with E-state index >= 15 is 0 Å². The van der Waals surface area contributed by atoms with Crippen LogP contribution in [0, 0.1) is 13.8 Å². The molecule has 0 heterocycles. The van der Waals surface area contributed by atoms with E-state index in [0.717, 1.165) is 5.56 Å². The third kappa shape index (κ3) is 5.27. The maximum atomic E-state index is 13.3. The molecule has 182 valence electrons. The van der Waals surface area contributed by atoms with Gasteiger partial charge in [-0.1, -0.05) is 24.3 Å². The lowest BCUT2D eigenvalue weighted by Gasteiger charge is -2.23. The van der Waals surface area contributed by atoms with Crippen LogP contribution in [-0.4, -0.2) is 50.3 Å². The third-order valence-electron chi connectivity index (χ3n) is 5.08. The van der Waals surface area contributed by atoms with Crippen LogP contribution in [0.3, 0.4) is 0 Å². The summed E-state index contributed by atoms with van der Waals surface area (Å²) in [6, 6.07) is 7.18. The van der Waals surface area contributed by atoms with Gasteiger partial charge in [0.1, 0.15) is 0 Å². The lowest BCUT2D eigenvalue weighted by atomic mass is 9.82. The van der Waals surface area contributed by atoms with E-state index in [2.05, 4.69) is 0 Å². The van der Waals surface area contributed by atoms with Gasteiger partial charge in [-0.05, 0) is 58.2 Å². The van der Waals surface area contributed by atoms with Gasteiger partial charge in [0.25, 0.3) is 0 Å². The maximum absolute atomic E-state index is 13.3. The molecule has 0 aromatic heterocycles. The number of benzene rings is 2. The fraction of sp³-hybridized carbons (Fsp3) is 0.385. The Hall–Kier alpha value is -3.68. The Bertz CT molecular complexity index is 1100. The molecule has 0 radical (unpaired) electrons. The van der Waals surface area contributed by atoms with Gasteiger partial charge in [0.15, 0.2) is 0 Å². The third-order valence-corrected chi connectivity index (χ3v) is 5.08. The highest BCUT2D eigenvalue weighted by atomic mass is 16.5. The van der Waals surface area contributed by atoms with Crippen LogP contribution in [0.4, 0.5) is 0 Å². The summed E-state index contributed by atoms with van der Waals surface area (Å²) in [4.78, 5) is 52.7. The van der Waals surface area contributed by atoms with Crippen LogP contribution in [0.5, 0.6) is 0 Å². The van der Waals surface area contributed by atoms with E-state index in [9.17, 15) is 19.2 Å². The van der Waals surface area contributed by atoms with Crippen LogP contribution in [0.15, 0.2) is 24.3 Å². The molecule has 34 heavy (non-hydrogen) atoms. The minimum Gasteiger partial charge on any atom is -0.462 e. The predicted octanol–water partition coefficient (Wildman–Crippen LogP) is 4.68. The highest BCUT2D eigenvalue weighted by Gasteiger charge is 2.37. The lowest BCUT2D eigenvalue weighted by molar-refractivity contribution is 0.0444. The fourth-order valence-electron chi connectivity index (χ4n) is 3.75. The second-order valence-electron chi connectivity index (χ2n) is 7.20. The summed E-state index contributed by atoms with van der Waals surface area (Å²) in [5.74, 6) is -3.54. The summed E-state index contributed by atoms with van der Waals surface area (Å²) in [5.41, 5.74) is 0.863. The van der Waals surface area contributed by atoms with E-state index in [1.165, 1.54) is 0 Å². The first-order valence-electron chi connectivity index (χ1n) is 11.2. The summed E-state index contributed by atoms with van der Waals surface area (Å²) in [7, 11) is 0. The van der Waals surface area contributed by atoms with Crippen molar-refractivity contribution in [1.29, 1.82) is 0 Å². The van der Waals surface area contributed by atoms with Crippen molar-refractivity contribution < 1.29 is 38.1 Å². The van der Waals surface area contributed by atoms with E-state index in [1.807, 2.05) is 19.1 Å². The Kier molecular flexibility index (Phi) is 9.36. The van der Waals surface area contributed by atoms with Gasteiger partial charge >= 0.3 is 23.9 Å². The molecule has 0 bridgehead atoms. The van der Waals surface area contributed by atoms with Gasteiger partial charge in [-0.3, -0.25) is 0 Å². The molecule has 0 saturated heterocycles. The van der Waals surface area contributed by atoms with Gasteiger partial charge in [-0.25, -0.2) is 19.2 Å². The van der Waals surface area contributed by atoms with Crippen molar-refractivity contribution in [3.05, 3.63) is 57.6 Å². The summed E-state index contributed by atoms with van der Waals surface area (Å²) in [6.07, 6.45) is 0. The van der Waals surface area contributed by atoms with Gasteiger partial charge in [0, 0.05) is 5.56 Å². The van der Waals surface area contributed by atoms with E-state index in [1.54, 1.807) is 46.8 Å². The maximum Gasteiger partial charge on any atom is 0.339 e. The molecule has 0 unspecified atom stereocenters. The molecule has 2 aromatic carbocycles. The largest absolute Gasteiger partial charge is 0.462 e. The lowest BCUT2D eigenvalue weighted by Crippen LogP contribution is -2.26. The van der Waals surface area contributed by atoms with Gasteiger partial charge < -0.3 is 18.9 Å². The Morgan fingerprint density at radius 2 is 0.971 bits per heavy atom. The van der Waals surface area contributed by atoms with Crippen molar-refractivity contribution >= 4 is 23.9 Å². The molecule has 0 N–H and O–H groups in total. The minimum atomic E-state index is -0.950. The average molecular weight is 471 g/mol. The highest BCUT2D eigenvalue weighted by Crippen LogP contribution is 2.38. The number of ether oxygens (including phenoxy) is 4. The van der Waals surface area contributed by atoms with Crippen molar-refractivity contribution in [3.63, 3.8) is 0 Å². The van der Waals surface area contributed by atoms with Crippen molar-refractivity contribution in [1.82, 2.24) is 0 Å². The van der Waals surface area contributed by atoms with Crippen LogP contribution < -0.4 is 0 Å². The van der Waals surface area contributed by atoms with E-state index < -0.39 is 23.9 Å². The van der Waals surface area contributed by atoms with Crippen LogP contribution in [0.2, 0.25) is 0 Å². The Balaban J connectivity index is 3.22.